The predicted molar refractivity (Wildman–Crippen MR) is 139 cm³/mol. The van der Waals surface area contributed by atoms with Gasteiger partial charge in [-0.3, -0.25) is 4.90 Å². The molecule has 0 amide bonds. The Balaban J connectivity index is 1.69. The van der Waals surface area contributed by atoms with Crippen LogP contribution in [-0.2, 0) is 0 Å². The van der Waals surface area contributed by atoms with E-state index in [1.54, 1.807) is 0 Å². The molecule has 3 saturated carbocycles. The van der Waals surface area contributed by atoms with Crippen molar-refractivity contribution in [3.63, 3.8) is 0 Å². The molecule has 1 aromatic carbocycles. The fourth-order valence-corrected chi connectivity index (χ4v) is 6.82. The molecule has 4 rings (SSSR count). The molecule has 3 fully saturated rings. The highest BCUT2D eigenvalue weighted by Crippen LogP contribution is 2.54. The van der Waals surface area contributed by atoms with Gasteiger partial charge in [-0.15, -0.1) is 0 Å². The third-order valence-corrected chi connectivity index (χ3v) is 8.69. The van der Waals surface area contributed by atoms with Crippen LogP contribution in [0.2, 0.25) is 0 Å². The lowest BCUT2D eigenvalue weighted by Crippen LogP contribution is -2.57. The van der Waals surface area contributed by atoms with Gasteiger partial charge in [0.15, 0.2) is 0 Å². The van der Waals surface area contributed by atoms with Crippen LogP contribution in [0.5, 0.6) is 0 Å². The molecule has 3 unspecified atom stereocenters. The minimum Gasteiger partial charge on any atom is -0.393 e. The van der Waals surface area contributed by atoms with Crippen LogP contribution in [-0.4, -0.2) is 48.8 Å². The quantitative estimate of drug-likeness (QED) is 0.599. The molecular weight excluding hydrogens is 404 g/mol. The zero-order valence-electron chi connectivity index (χ0n) is 21.2. The Kier molecular flexibility index (Phi) is 8.00. The molecule has 2 N–H and O–H groups in total. The number of hydrogen-bond donors (Lipinski definition) is 2. The van der Waals surface area contributed by atoms with E-state index in [-0.39, 0.29) is 11.5 Å². The molecule has 3 aliphatic rings. The molecule has 1 aromatic rings. The summed E-state index contributed by atoms with van der Waals surface area (Å²) in [7, 11) is 4.11. The highest BCUT2D eigenvalue weighted by atomic mass is 16.3. The average Bonchev–Trinajstić information content (AvgIpc) is 2.79. The first-order valence-electron chi connectivity index (χ1n) is 13.3. The standard InChI is InChI=1S/C30H44N2O/c1-22-27-17-10-18-28(33)30(27,2)21-25(29(22)31-26-15-6-5-7-16-26)20-24-13-9-8-12-23(24)14-11-19-32(3)4/h8-9,12-13,20,22,26-29,31,33H,5-7,10,15-19,21H2,1-4H3/b25-20-/t22?,27?,28-,29?,30-/m0/s1. The van der Waals surface area contributed by atoms with Crippen molar-refractivity contribution in [2.75, 3.05) is 20.6 Å². The van der Waals surface area contributed by atoms with Gasteiger partial charge in [0.25, 0.3) is 0 Å². The lowest BCUT2D eigenvalue weighted by Gasteiger charge is -2.55. The highest BCUT2D eigenvalue weighted by Gasteiger charge is 2.51. The second kappa shape index (κ2) is 10.8. The lowest BCUT2D eigenvalue weighted by molar-refractivity contribution is -0.0789. The van der Waals surface area contributed by atoms with Gasteiger partial charge in [0.05, 0.1) is 12.6 Å². The van der Waals surface area contributed by atoms with E-state index in [1.807, 2.05) is 0 Å². The Bertz CT molecular complexity index is 888. The minimum absolute atomic E-state index is 0.0280. The zero-order valence-corrected chi connectivity index (χ0v) is 21.2. The summed E-state index contributed by atoms with van der Waals surface area (Å²) in [5.41, 5.74) is 3.76. The van der Waals surface area contributed by atoms with Gasteiger partial charge in [0, 0.05) is 23.1 Å². The van der Waals surface area contributed by atoms with Crippen molar-refractivity contribution in [2.45, 2.75) is 89.8 Å². The molecule has 0 aliphatic heterocycles. The summed E-state index contributed by atoms with van der Waals surface area (Å²) in [5.74, 6) is 7.83. The summed E-state index contributed by atoms with van der Waals surface area (Å²) in [6, 6.07) is 9.58. The minimum atomic E-state index is -0.201. The number of nitrogens with zero attached hydrogens (tertiary/aromatic N) is 1. The molecule has 0 radical (unpaired) electrons. The summed E-state index contributed by atoms with van der Waals surface area (Å²) in [6.45, 7) is 5.56. The highest BCUT2D eigenvalue weighted by molar-refractivity contribution is 5.62. The Morgan fingerprint density at radius 3 is 2.61 bits per heavy atom. The number of benzene rings is 1. The first-order valence-corrected chi connectivity index (χ1v) is 13.3. The maximum Gasteiger partial charge on any atom is 0.0600 e. The van der Waals surface area contributed by atoms with Gasteiger partial charge in [-0.05, 0) is 69.7 Å². The van der Waals surface area contributed by atoms with Crippen molar-refractivity contribution in [3.05, 3.63) is 41.0 Å². The molecule has 0 saturated heterocycles. The summed E-state index contributed by atoms with van der Waals surface area (Å²) >= 11 is 0. The van der Waals surface area contributed by atoms with E-state index in [0.717, 1.165) is 31.4 Å². The molecule has 3 nitrogen and oxygen atoms in total. The smallest absolute Gasteiger partial charge is 0.0600 e. The van der Waals surface area contributed by atoms with E-state index in [2.05, 4.69) is 80.3 Å². The fraction of sp³-hybridized carbons (Fsp3) is 0.667. The molecule has 0 spiro atoms. The van der Waals surface area contributed by atoms with E-state index in [9.17, 15) is 5.11 Å². The first-order chi connectivity index (χ1) is 15.9. The maximum absolute atomic E-state index is 11.1. The van der Waals surface area contributed by atoms with Crippen LogP contribution in [0, 0.1) is 29.1 Å². The van der Waals surface area contributed by atoms with Gasteiger partial charge in [0.2, 0.25) is 0 Å². The van der Waals surface area contributed by atoms with Crippen LogP contribution in [0.4, 0.5) is 0 Å². The molecule has 5 atom stereocenters. The third-order valence-electron chi connectivity index (χ3n) is 8.69. The molecule has 0 bridgehead atoms. The lowest BCUT2D eigenvalue weighted by atomic mass is 9.53. The molecular formula is C30H44N2O. The van der Waals surface area contributed by atoms with Crippen LogP contribution in [0.1, 0.15) is 82.8 Å². The molecule has 180 valence electrons. The van der Waals surface area contributed by atoms with Gasteiger partial charge in [-0.25, -0.2) is 0 Å². The van der Waals surface area contributed by atoms with Crippen LogP contribution < -0.4 is 5.32 Å². The predicted octanol–water partition coefficient (Wildman–Crippen LogP) is 5.48. The SMILES string of the molecule is CC1C(NC2CCCCC2)/C(=C\c2ccccc2C#CCN(C)C)C[C@@]2(C)C1CCC[C@@H]2O. The molecule has 3 aliphatic carbocycles. The van der Waals surface area contributed by atoms with E-state index in [1.165, 1.54) is 49.7 Å². The third kappa shape index (κ3) is 5.56. The Labute approximate surface area is 202 Å². The van der Waals surface area contributed by atoms with Crippen molar-refractivity contribution in [1.82, 2.24) is 10.2 Å². The van der Waals surface area contributed by atoms with Crippen LogP contribution >= 0.6 is 0 Å². The van der Waals surface area contributed by atoms with Gasteiger partial charge < -0.3 is 10.4 Å². The molecule has 33 heavy (non-hydrogen) atoms. The van der Waals surface area contributed by atoms with Crippen LogP contribution in [0.3, 0.4) is 0 Å². The summed E-state index contributed by atoms with van der Waals surface area (Å²) in [6.07, 6.45) is 13.2. The van der Waals surface area contributed by atoms with Crippen LogP contribution in [0.15, 0.2) is 29.8 Å². The topological polar surface area (TPSA) is 35.5 Å². The number of fused-ring (bicyclic) bond motifs is 1. The average molecular weight is 449 g/mol. The first kappa shape index (κ1) is 24.5. The largest absolute Gasteiger partial charge is 0.393 e. The maximum atomic E-state index is 11.1. The van der Waals surface area contributed by atoms with Crippen molar-refractivity contribution in [1.29, 1.82) is 0 Å². The van der Waals surface area contributed by atoms with E-state index in [0.29, 0.717) is 23.9 Å². The number of hydrogen-bond acceptors (Lipinski definition) is 3. The Morgan fingerprint density at radius 1 is 1.09 bits per heavy atom. The normalized spacial score (nSPS) is 34.1. The summed E-state index contributed by atoms with van der Waals surface area (Å²) < 4.78 is 0. The molecule has 3 heteroatoms. The van der Waals surface area contributed by atoms with Crippen molar-refractivity contribution in [2.24, 2.45) is 17.3 Å². The van der Waals surface area contributed by atoms with E-state index >= 15 is 0 Å². The molecule has 0 aromatic heterocycles. The Hall–Kier alpha value is -1.60. The van der Waals surface area contributed by atoms with Crippen molar-refractivity contribution < 1.29 is 5.11 Å². The fourth-order valence-electron chi connectivity index (χ4n) is 6.82. The van der Waals surface area contributed by atoms with Gasteiger partial charge in [-0.2, -0.15) is 0 Å². The van der Waals surface area contributed by atoms with Crippen LogP contribution in [0.25, 0.3) is 6.08 Å². The summed E-state index contributed by atoms with van der Waals surface area (Å²) in [5, 5.41) is 15.2. The second-order valence-electron chi connectivity index (χ2n) is 11.4. The van der Waals surface area contributed by atoms with Crippen molar-refractivity contribution >= 4 is 6.08 Å². The van der Waals surface area contributed by atoms with E-state index < -0.39 is 0 Å². The van der Waals surface area contributed by atoms with Gasteiger partial charge >= 0.3 is 0 Å². The number of nitrogens with one attached hydrogen (secondary N) is 1. The van der Waals surface area contributed by atoms with Gasteiger partial charge in [-0.1, -0.05) is 81.2 Å². The number of aliphatic hydroxyl groups is 1. The van der Waals surface area contributed by atoms with Gasteiger partial charge in [0.1, 0.15) is 0 Å². The number of aliphatic hydroxyl groups excluding tert-OH is 1. The Morgan fingerprint density at radius 2 is 1.85 bits per heavy atom. The number of rotatable bonds is 4. The molecule has 0 heterocycles. The second-order valence-corrected chi connectivity index (χ2v) is 11.4. The summed E-state index contributed by atoms with van der Waals surface area (Å²) in [4.78, 5) is 2.10. The zero-order chi connectivity index (χ0) is 23.4. The van der Waals surface area contributed by atoms with E-state index in [4.69, 9.17) is 0 Å². The van der Waals surface area contributed by atoms with Crippen molar-refractivity contribution in [3.8, 4) is 11.8 Å². The monoisotopic (exact) mass is 448 g/mol.